The number of halogens is 2. The number of nitrogens with one attached hydrogen (secondary N) is 1. The van der Waals surface area contributed by atoms with Crippen molar-refractivity contribution in [2.24, 2.45) is 0 Å². The van der Waals surface area contributed by atoms with Gasteiger partial charge in [-0.1, -0.05) is 30.0 Å². The molecule has 150 valence electrons. The highest BCUT2D eigenvalue weighted by Crippen LogP contribution is 2.35. The summed E-state index contributed by atoms with van der Waals surface area (Å²) in [6.07, 6.45) is 0. The average molecular weight is 417 g/mol. The standard InChI is InChI=1S/C20H17F2N3O3S/c1-20(14-5-3-4-12(8-14)10-23)17(26)25(19(27)24-20)11-13-6-7-16(29-18(21)22)15(9-13)28-2/h3-9,18H,11H2,1-2H3,(H,24,27). The smallest absolute Gasteiger partial charge is 0.325 e. The number of carbonyl (C=O) groups excluding carboxylic acids is 2. The minimum absolute atomic E-state index is 0.0474. The first-order valence-corrected chi connectivity index (χ1v) is 9.43. The van der Waals surface area contributed by atoms with E-state index in [9.17, 15) is 18.4 Å². The van der Waals surface area contributed by atoms with E-state index in [1.807, 2.05) is 6.07 Å². The van der Waals surface area contributed by atoms with Crippen molar-refractivity contribution >= 4 is 23.7 Å². The predicted octanol–water partition coefficient (Wildman–Crippen LogP) is 3.85. The van der Waals surface area contributed by atoms with Crippen LogP contribution in [0.25, 0.3) is 0 Å². The highest BCUT2D eigenvalue weighted by Gasteiger charge is 2.49. The molecule has 1 saturated heterocycles. The van der Waals surface area contributed by atoms with E-state index < -0.39 is 23.2 Å². The van der Waals surface area contributed by atoms with E-state index in [-0.39, 0.29) is 17.2 Å². The van der Waals surface area contributed by atoms with Gasteiger partial charge in [0.2, 0.25) is 0 Å². The molecule has 2 aromatic rings. The normalized spacial score (nSPS) is 18.7. The third kappa shape index (κ3) is 4.03. The topological polar surface area (TPSA) is 82.4 Å². The highest BCUT2D eigenvalue weighted by atomic mass is 32.2. The van der Waals surface area contributed by atoms with Crippen LogP contribution in [0.1, 0.15) is 23.6 Å². The maximum absolute atomic E-state index is 13.0. The van der Waals surface area contributed by atoms with E-state index in [2.05, 4.69) is 5.32 Å². The molecular weight excluding hydrogens is 400 g/mol. The number of methoxy groups -OCH3 is 1. The highest BCUT2D eigenvalue weighted by molar-refractivity contribution is 7.99. The number of nitrogens with zero attached hydrogens (tertiary/aromatic N) is 2. The summed E-state index contributed by atoms with van der Waals surface area (Å²) < 4.78 is 30.5. The van der Waals surface area contributed by atoms with Gasteiger partial charge in [-0.15, -0.1) is 0 Å². The molecule has 0 saturated carbocycles. The van der Waals surface area contributed by atoms with Crippen LogP contribution in [-0.4, -0.2) is 29.7 Å². The predicted molar refractivity (Wildman–Crippen MR) is 102 cm³/mol. The lowest BCUT2D eigenvalue weighted by atomic mass is 9.91. The van der Waals surface area contributed by atoms with Crippen molar-refractivity contribution in [1.29, 1.82) is 5.26 Å². The van der Waals surface area contributed by atoms with Crippen LogP contribution in [0.4, 0.5) is 13.6 Å². The Balaban J connectivity index is 1.86. The van der Waals surface area contributed by atoms with E-state index in [0.29, 0.717) is 28.5 Å². The van der Waals surface area contributed by atoms with Crippen molar-refractivity contribution in [2.45, 2.75) is 29.7 Å². The second-order valence-corrected chi connectivity index (χ2v) is 7.53. The maximum Gasteiger partial charge on any atom is 0.325 e. The molecule has 1 heterocycles. The van der Waals surface area contributed by atoms with Gasteiger partial charge < -0.3 is 10.1 Å². The number of hydrogen-bond acceptors (Lipinski definition) is 5. The van der Waals surface area contributed by atoms with Crippen molar-refractivity contribution in [1.82, 2.24) is 10.2 Å². The number of carbonyl (C=O) groups is 2. The Bertz CT molecular complexity index is 1010. The van der Waals surface area contributed by atoms with Crippen LogP contribution in [0.15, 0.2) is 47.4 Å². The van der Waals surface area contributed by atoms with Crippen LogP contribution in [-0.2, 0) is 16.9 Å². The first kappa shape index (κ1) is 20.6. The van der Waals surface area contributed by atoms with E-state index in [0.717, 1.165) is 4.90 Å². The maximum atomic E-state index is 13.0. The fraction of sp³-hybridized carbons (Fsp3) is 0.250. The molecule has 0 aromatic heterocycles. The van der Waals surface area contributed by atoms with Gasteiger partial charge in [0.05, 0.1) is 30.2 Å². The van der Waals surface area contributed by atoms with Crippen LogP contribution in [0.3, 0.4) is 0 Å². The summed E-state index contributed by atoms with van der Waals surface area (Å²) in [7, 11) is 1.36. The lowest BCUT2D eigenvalue weighted by Gasteiger charge is -2.22. The number of nitriles is 1. The zero-order valence-electron chi connectivity index (χ0n) is 15.6. The van der Waals surface area contributed by atoms with Gasteiger partial charge >= 0.3 is 6.03 Å². The third-order valence-corrected chi connectivity index (χ3v) is 5.40. The average Bonchev–Trinajstić information content (AvgIpc) is 2.92. The number of imide groups is 1. The van der Waals surface area contributed by atoms with E-state index >= 15 is 0 Å². The Hall–Kier alpha value is -3.12. The molecule has 2 aromatic carbocycles. The Labute approximate surface area is 170 Å². The number of ether oxygens (including phenoxy) is 1. The molecule has 1 fully saturated rings. The van der Waals surface area contributed by atoms with Gasteiger partial charge in [-0.25, -0.2) is 4.79 Å². The molecule has 0 bridgehead atoms. The van der Waals surface area contributed by atoms with Crippen LogP contribution in [0.2, 0.25) is 0 Å². The molecule has 1 aliphatic rings. The van der Waals surface area contributed by atoms with Gasteiger partial charge in [-0.3, -0.25) is 9.69 Å². The number of alkyl halides is 2. The molecule has 3 amide bonds. The van der Waals surface area contributed by atoms with Gasteiger partial charge in [0, 0.05) is 0 Å². The zero-order chi connectivity index (χ0) is 21.2. The number of hydrogen-bond donors (Lipinski definition) is 1. The molecule has 0 aliphatic carbocycles. The van der Waals surface area contributed by atoms with Crippen LogP contribution in [0.5, 0.6) is 5.75 Å². The number of amides is 3. The van der Waals surface area contributed by atoms with Gasteiger partial charge in [0.15, 0.2) is 0 Å². The summed E-state index contributed by atoms with van der Waals surface area (Å²) in [6.45, 7) is 1.53. The van der Waals surface area contributed by atoms with E-state index in [1.54, 1.807) is 37.3 Å². The number of urea groups is 1. The number of thioether (sulfide) groups is 1. The Morgan fingerprint density at radius 3 is 2.69 bits per heavy atom. The van der Waals surface area contributed by atoms with Crippen molar-refractivity contribution in [3.05, 3.63) is 59.2 Å². The van der Waals surface area contributed by atoms with Gasteiger partial charge in [-0.2, -0.15) is 14.0 Å². The van der Waals surface area contributed by atoms with Crippen LogP contribution >= 0.6 is 11.8 Å². The van der Waals surface area contributed by atoms with Crippen molar-refractivity contribution in [2.75, 3.05) is 7.11 Å². The fourth-order valence-corrected chi connectivity index (χ4v) is 3.72. The third-order valence-electron chi connectivity index (χ3n) is 4.63. The molecule has 3 rings (SSSR count). The zero-order valence-corrected chi connectivity index (χ0v) is 16.4. The second-order valence-electron chi connectivity index (χ2n) is 6.50. The monoisotopic (exact) mass is 417 g/mol. The number of benzene rings is 2. The van der Waals surface area contributed by atoms with Crippen molar-refractivity contribution in [3.63, 3.8) is 0 Å². The molecule has 1 atom stereocenters. The minimum Gasteiger partial charge on any atom is -0.496 e. The van der Waals surface area contributed by atoms with Gasteiger partial charge in [0.1, 0.15) is 11.3 Å². The molecule has 1 N–H and O–H groups in total. The molecule has 0 radical (unpaired) electrons. The lowest BCUT2D eigenvalue weighted by Crippen LogP contribution is -2.40. The van der Waals surface area contributed by atoms with Crippen molar-refractivity contribution < 1.29 is 23.1 Å². The minimum atomic E-state index is -2.59. The quantitative estimate of drug-likeness (QED) is 0.570. The van der Waals surface area contributed by atoms with Gasteiger partial charge in [0.25, 0.3) is 11.7 Å². The lowest BCUT2D eigenvalue weighted by molar-refractivity contribution is -0.131. The first-order chi connectivity index (χ1) is 13.8. The summed E-state index contributed by atoms with van der Waals surface area (Å²) in [5.41, 5.74) is 0.123. The van der Waals surface area contributed by atoms with Crippen LogP contribution in [0, 0.1) is 11.3 Å². The molecule has 29 heavy (non-hydrogen) atoms. The summed E-state index contributed by atoms with van der Waals surface area (Å²) in [5.74, 6) is -2.82. The SMILES string of the molecule is COc1cc(CN2C(=O)NC(C)(c3cccc(C#N)c3)C2=O)ccc1SC(F)F. The molecular formula is C20H17F2N3O3S. The molecule has 9 heteroatoms. The second kappa shape index (κ2) is 8.09. The largest absolute Gasteiger partial charge is 0.496 e. The Morgan fingerprint density at radius 2 is 2.03 bits per heavy atom. The van der Waals surface area contributed by atoms with E-state index in [4.69, 9.17) is 10.00 Å². The van der Waals surface area contributed by atoms with Gasteiger partial charge in [-0.05, 0) is 42.3 Å². The molecule has 6 nitrogen and oxygen atoms in total. The number of rotatable bonds is 6. The van der Waals surface area contributed by atoms with E-state index in [1.165, 1.54) is 19.2 Å². The summed E-state index contributed by atoms with van der Waals surface area (Å²) >= 11 is 0.358. The van der Waals surface area contributed by atoms with Crippen molar-refractivity contribution in [3.8, 4) is 11.8 Å². The molecule has 1 unspecified atom stereocenters. The summed E-state index contributed by atoms with van der Waals surface area (Å²) in [4.78, 5) is 26.8. The Kier molecular flexibility index (Phi) is 5.75. The summed E-state index contributed by atoms with van der Waals surface area (Å²) in [6, 6.07) is 12.5. The summed E-state index contributed by atoms with van der Waals surface area (Å²) in [5, 5.41) is 11.8. The Morgan fingerprint density at radius 1 is 1.28 bits per heavy atom. The fourth-order valence-electron chi connectivity index (χ4n) is 3.12. The molecule has 1 aliphatic heterocycles. The first-order valence-electron chi connectivity index (χ1n) is 8.55. The van der Waals surface area contributed by atoms with Crippen LogP contribution < -0.4 is 10.1 Å². The molecule has 0 spiro atoms.